The zero-order chi connectivity index (χ0) is 19.0. The summed E-state index contributed by atoms with van der Waals surface area (Å²) in [6.45, 7) is 0. The first-order valence-electron chi connectivity index (χ1n) is 7.68. The van der Waals surface area contributed by atoms with E-state index >= 15 is 0 Å². The predicted octanol–water partition coefficient (Wildman–Crippen LogP) is 3.40. The SMILES string of the molecule is O=C(NN1C(=O)/C(=C\c2cc3ccccc3oc2=O)SC1=S)c1cccs1. The number of nitrogens with one attached hydrogen (secondary N) is 1. The maximum atomic E-state index is 12.6. The van der Waals surface area contributed by atoms with Crippen LogP contribution in [0.25, 0.3) is 17.0 Å². The molecule has 1 saturated heterocycles. The summed E-state index contributed by atoms with van der Waals surface area (Å²) in [6, 6.07) is 12.1. The molecule has 0 unspecified atom stereocenters. The number of hydrogen-bond donors (Lipinski definition) is 1. The second-order valence-corrected chi connectivity index (χ2v) is 8.09. The molecule has 1 aliphatic rings. The quantitative estimate of drug-likeness (QED) is 0.402. The molecule has 2 amide bonds. The number of amides is 2. The average molecular weight is 414 g/mol. The molecular formula is C18H10N2O4S3. The number of fused-ring (bicyclic) bond motifs is 1. The number of thiocarbonyl (C=S) groups is 1. The zero-order valence-electron chi connectivity index (χ0n) is 13.5. The zero-order valence-corrected chi connectivity index (χ0v) is 16.0. The monoisotopic (exact) mass is 414 g/mol. The topological polar surface area (TPSA) is 79.6 Å². The summed E-state index contributed by atoms with van der Waals surface area (Å²) in [5.74, 6) is -0.921. The number of rotatable bonds is 3. The van der Waals surface area contributed by atoms with Crippen molar-refractivity contribution in [1.29, 1.82) is 0 Å². The first-order chi connectivity index (χ1) is 13.0. The number of carbonyl (C=O) groups excluding carboxylic acids is 2. The van der Waals surface area contributed by atoms with Crippen LogP contribution in [0.5, 0.6) is 0 Å². The molecule has 4 rings (SSSR count). The molecule has 1 aliphatic heterocycles. The third kappa shape index (κ3) is 3.44. The van der Waals surface area contributed by atoms with Crippen LogP contribution in [-0.2, 0) is 4.79 Å². The van der Waals surface area contributed by atoms with E-state index in [4.69, 9.17) is 16.6 Å². The Hall–Kier alpha value is -2.75. The molecule has 27 heavy (non-hydrogen) atoms. The van der Waals surface area contributed by atoms with Crippen molar-refractivity contribution in [3.8, 4) is 0 Å². The van der Waals surface area contributed by atoms with Crippen LogP contribution in [0, 0.1) is 0 Å². The van der Waals surface area contributed by atoms with Crippen molar-refractivity contribution in [2.45, 2.75) is 0 Å². The van der Waals surface area contributed by atoms with Gasteiger partial charge in [-0.3, -0.25) is 15.0 Å². The minimum atomic E-state index is -0.554. The van der Waals surface area contributed by atoms with Crippen LogP contribution in [0.1, 0.15) is 15.2 Å². The summed E-state index contributed by atoms with van der Waals surface area (Å²) in [7, 11) is 0. The first-order valence-corrected chi connectivity index (χ1v) is 9.79. The molecule has 0 radical (unpaired) electrons. The smallest absolute Gasteiger partial charge is 0.343 e. The third-order valence-electron chi connectivity index (χ3n) is 3.71. The number of para-hydroxylation sites is 1. The molecule has 6 nitrogen and oxygen atoms in total. The second kappa shape index (κ2) is 7.10. The molecule has 0 aliphatic carbocycles. The molecule has 134 valence electrons. The first kappa shape index (κ1) is 17.7. The maximum Gasteiger partial charge on any atom is 0.343 e. The Balaban J connectivity index is 1.62. The van der Waals surface area contributed by atoms with Gasteiger partial charge < -0.3 is 4.42 Å². The Morgan fingerprint density at radius 3 is 2.78 bits per heavy atom. The van der Waals surface area contributed by atoms with Gasteiger partial charge >= 0.3 is 5.63 Å². The minimum absolute atomic E-state index is 0.182. The summed E-state index contributed by atoms with van der Waals surface area (Å²) in [5.41, 5.74) is 2.64. The van der Waals surface area contributed by atoms with E-state index in [0.29, 0.717) is 10.5 Å². The molecule has 3 heterocycles. The van der Waals surface area contributed by atoms with E-state index in [1.807, 2.05) is 12.1 Å². The number of thioether (sulfide) groups is 1. The lowest BCUT2D eigenvalue weighted by molar-refractivity contribution is -0.123. The van der Waals surface area contributed by atoms with Gasteiger partial charge in [-0.15, -0.1) is 11.3 Å². The molecule has 0 saturated carbocycles. The fourth-order valence-electron chi connectivity index (χ4n) is 2.45. The van der Waals surface area contributed by atoms with Crippen LogP contribution < -0.4 is 11.1 Å². The molecular weight excluding hydrogens is 404 g/mol. The van der Waals surface area contributed by atoms with Gasteiger partial charge in [-0.1, -0.05) is 36.0 Å². The Morgan fingerprint density at radius 2 is 2.00 bits per heavy atom. The molecule has 0 spiro atoms. The average Bonchev–Trinajstić information content (AvgIpc) is 3.27. The predicted molar refractivity (Wildman–Crippen MR) is 109 cm³/mol. The van der Waals surface area contributed by atoms with E-state index in [2.05, 4.69) is 5.43 Å². The molecule has 2 aromatic heterocycles. The maximum absolute atomic E-state index is 12.6. The highest BCUT2D eigenvalue weighted by Crippen LogP contribution is 2.31. The third-order valence-corrected chi connectivity index (χ3v) is 5.88. The lowest BCUT2D eigenvalue weighted by Crippen LogP contribution is -2.44. The second-order valence-electron chi connectivity index (χ2n) is 5.46. The molecule has 1 N–H and O–H groups in total. The van der Waals surface area contributed by atoms with Crippen molar-refractivity contribution in [3.05, 3.63) is 73.6 Å². The van der Waals surface area contributed by atoms with E-state index in [1.165, 1.54) is 17.4 Å². The van der Waals surface area contributed by atoms with Crippen molar-refractivity contribution >= 4 is 68.5 Å². The summed E-state index contributed by atoms with van der Waals surface area (Å²) in [5, 5.41) is 3.51. The normalized spacial score (nSPS) is 15.7. The number of hydrogen-bond acceptors (Lipinski definition) is 7. The highest BCUT2D eigenvalue weighted by Gasteiger charge is 2.34. The van der Waals surface area contributed by atoms with E-state index < -0.39 is 17.4 Å². The van der Waals surface area contributed by atoms with Crippen LogP contribution in [0.2, 0.25) is 0 Å². The molecule has 9 heteroatoms. The van der Waals surface area contributed by atoms with Crippen LogP contribution in [0.4, 0.5) is 0 Å². The van der Waals surface area contributed by atoms with Crippen molar-refractivity contribution in [1.82, 2.24) is 10.4 Å². The fraction of sp³-hybridized carbons (Fsp3) is 0. The highest BCUT2D eigenvalue weighted by molar-refractivity contribution is 8.26. The summed E-state index contributed by atoms with van der Waals surface area (Å²) < 4.78 is 5.45. The van der Waals surface area contributed by atoms with E-state index in [1.54, 1.807) is 35.7 Å². The van der Waals surface area contributed by atoms with E-state index in [-0.39, 0.29) is 14.8 Å². The van der Waals surface area contributed by atoms with Gasteiger partial charge in [0.15, 0.2) is 4.32 Å². The molecule has 0 atom stereocenters. The number of nitrogens with zero attached hydrogens (tertiary/aromatic N) is 1. The number of hydrazine groups is 1. The molecule has 1 aromatic carbocycles. The fourth-order valence-corrected chi connectivity index (χ4v) is 4.23. The lowest BCUT2D eigenvalue weighted by Gasteiger charge is -2.14. The van der Waals surface area contributed by atoms with Gasteiger partial charge in [-0.25, -0.2) is 4.79 Å². The van der Waals surface area contributed by atoms with Crippen molar-refractivity contribution < 1.29 is 14.0 Å². The largest absolute Gasteiger partial charge is 0.422 e. The van der Waals surface area contributed by atoms with Gasteiger partial charge in [0.25, 0.3) is 11.8 Å². The number of carbonyl (C=O) groups is 2. The Morgan fingerprint density at radius 1 is 1.19 bits per heavy atom. The molecule has 0 bridgehead atoms. The summed E-state index contributed by atoms with van der Waals surface area (Å²) in [6.07, 6.45) is 1.43. The Labute approximate surface area is 166 Å². The Kier molecular flexibility index (Phi) is 4.65. The van der Waals surface area contributed by atoms with Crippen molar-refractivity contribution in [3.63, 3.8) is 0 Å². The van der Waals surface area contributed by atoms with Crippen molar-refractivity contribution in [2.75, 3.05) is 0 Å². The number of benzene rings is 1. The Bertz CT molecular complexity index is 1160. The summed E-state index contributed by atoms with van der Waals surface area (Å²) >= 11 is 7.44. The van der Waals surface area contributed by atoms with E-state index in [0.717, 1.165) is 22.2 Å². The lowest BCUT2D eigenvalue weighted by atomic mass is 10.2. The number of thiophene rings is 1. The van der Waals surface area contributed by atoms with Gasteiger partial charge in [0.05, 0.1) is 15.3 Å². The van der Waals surface area contributed by atoms with E-state index in [9.17, 15) is 14.4 Å². The van der Waals surface area contributed by atoms with Gasteiger partial charge in [-0.05, 0) is 41.9 Å². The highest BCUT2D eigenvalue weighted by atomic mass is 32.2. The summed E-state index contributed by atoms with van der Waals surface area (Å²) in [4.78, 5) is 37.6. The van der Waals surface area contributed by atoms with Gasteiger partial charge in [-0.2, -0.15) is 5.01 Å². The standard InChI is InChI=1S/C18H10N2O4S3/c21-15(13-6-3-7-26-13)19-20-16(22)14(27-18(20)25)9-11-8-10-4-1-2-5-12(10)24-17(11)23/h1-9H,(H,19,21)/b14-9+. The molecule has 3 aromatic rings. The molecule has 1 fully saturated rings. The van der Waals surface area contributed by atoms with Gasteiger partial charge in [0.2, 0.25) is 0 Å². The van der Waals surface area contributed by atoms with Gasteiger partial charge in [0, 0.05) is 5.39 Å². The van der Waals surface area contributed by atoms with Gasteiger partial charge in [0.1, 0.15) is 5.58 Å². The van der Waals surface area contributed by atoms with Crippen LogP contribution in [0.3, 0.4) is 0 Å². The van der Waals surface area contributed by atoms with Crippen LogP contribution >= 0.6 is 35.3 Å². The van der Waals surface area contributed by atoms with Crippen LogP contribution in [0.15, 0.2) is 62.0 Å². The van der Waals surface area contributed by atoms with Crippen LogP contribution in [-0.4, -0.2) is 21.1 Å². The minimum Gasteiger partial charge on any atom is -0.422 e. The van der Waals surface area contributed by atoms with Crippen molar-refractivity contribution in [2.24, 2.45) is 0 Å².